The fourth-order valence-electron chi connectivity index (χ4n) is 1.20. The average Bonchev–Trinajstić information content (AvgIpc) is 2.12. The topological polar surface area (TPSA) is 49.9 Å². The van der Waals surface area contributed by atoms with Gasteiger partial charge < -0.3 is 5.73 Å². The maximum absolute atomic E-state index is 7.31. The van der Waals surface area contributed by atoms with Gasteiger partial charge in [-0.15, -0.1) is 0 Å². The van der Waals surface area contributed by atoms with Crippen LogP contribution in [0.4, 0.5) is 0 Å². The van der Waals surface area contributed by atoms with Gasteiger partial charge in [0, 0.05) is 5.57 Å². The quantitative estimate of drug-likeness (QED) is 0.528. The maximum atomic E-state index is 7.31. The molecule has 4 heteroatoms. The van der Waals surface area contributed by atoms with Crippen LogP contribution in [0.2, 0.25) is 0 Å². The van der Waals surface area contributed by atoms with E-state index in [1.165, 1.54) is 0 Å². The van der Waals surface area contributed by atoms with Crippen molar-refractivity contribution in [3.63, 3.8) is 0 Å². The Morgan fingerprint density at radius 2 is 2.14 bits per heavy atom. The first kappa shape index (κ1) is 11.3. The predicted molar refractivity (Wildman–Crippen MR) is 61.7 cm³/mol. The number of rotatable bonds is 1. The summed E-state index contributed by atoms with van der Waals surface area (Å²) in [5.41, 5.74) is 7.08. The van der Waals surface area contributed by atoms with Gasteiger partial charge in [0.15, 0.2) is 0 Å². The molecular weight excluding hydrogens is 219 g/mol. The van der Waals surface area contributed by atoms with Crippen LogP contribution in [0.1, 0.15) is 19.8 Å². The van der Waals surface area contributed by atoms with Gasteiger partial charge in [0.25, 0.3) is 0 Å². The van der Waals surface area contributed by atoms with E-state index in [1.54, 1.807) is 6.08 Å². The smallest absolute Gasteiger partial charge is 0.122 e. The number of halogens is 2. The molecule has 0 atom stereocenters. The maximum Gasteiger partial charge on any atom is 0.122 e. The van der Waals surface area contributed by atoms with Gasteiger partial charge in [0.1, 0.15) is 5.84 Å². The molecule has 2 nitrogen and oxygen atoms in total. The first-order valence-corrected chi connectivity index (χ1v) is 5.05. The van der Waals surface area contributed by atoms with Gasteiger partial charge in [-0.25, -0.2) is 0 Å². The molecule has 1 aliphatic carbocycles. The molecule has 0 radical (unpaired) electrons. The first-order valence-electron chi connectivity index (χ1n) is 4.29. The van der Waals surface area contributed by atoms with Gasteiger partial charge in [0.2, 0.25) is 0 Å². The summed E-state index contributed by atoms with van der Waals surface area (Å²) < 4.78 is 0. The zero-order valence-electron chi connectivity index (χ0n) is 7.90. The summed E-state index contributed by atoms with van der Waals surface area (Å²) >= 11 is 12.0. The summed E-state index contributed by atoms with van der Waals surface area (Å²) in [6, 6.07) is 0. The Bertz CT molecular complexity index is 351. The van der Waals surface area contributed by atoms with Crippen molar-refractivity contribution < 1.29 is 0 Å². The molecule has 14 heavy (non-hydrogen) atoms. The summed E-state index contributed by atoms with van der Waals surface area (Å²) in [5.74, 6) is 0.0205. The molecule has 0 aliphatic heterocycles. The van der Waals surface area contributed by atoms with E-state index in [2.05, 4.69) is 0 Å². The SMILES string of the molecule is CC1=C(Cl)/C(Cl)=C\C(C(=N)N)=C/CC1. The third-order valence-electron chi connectivity index (χ3n) is 2.06. The standard InChI is InChI=1S/C10H12Cl2N2/c1-6-3-2-4-7(10(13)14)5-8(11)9(6)12/h4-5H,2-3H2,1H3,(H3,13,14)/b7-4+,8-5+,9-6?. The number of hydrogen-bond acceptors (Lipinski definition) is 1. The lowest BCUT2D eigenvalue weighted by Crippen LogP contribution is -2.12. The van der Waals surface area contributed by atoms with Crippen molar-refractivity contribution in [3.8, 4) is 0 Å². The van der Waals surface area contributed by atoms with Crippen LogP contribution in [-0.4, -0.2) is 5.84 Å². The summed E-state index contributed by atoms with van der Waals surface area (Å²) in [6.07, 6.45) is 5.21. The second-order valence-corrected chi connectivity index (χ2v) is 3.98. The van der Waals surface area contributed by atoms with Crippen molar-refractivity contribution in [2.24, 2.45) is 5.73 Å². The molecule has 0 saturated carbocycles. The van der Waals surface area contributed by atoms with E-state index >= 15 is 0 Å². The number of nitrogens with one attached hydrogen (secondary N) is 1. The molecule has 0 unspecified atom stereocenters. The second-order valence-electron chi connectivity index (χ2n) is 3.20. The molecule has 0 aromatic heterocycles. The number of nitrogens with two attached hydrogens (primary N) is 1. The monoisotopic (exact) mass is 230 g/mol. The van der Waals surface area contributed by atoms with Crippen LogP contribution in [-0.2, 0) is 0 Å². The molecule has 0 amide bonds. The van der Waals surface area contributed by atoms with Gasteiger partial charge in [-0.05, 0) is 25.8 Å². The van der Waals surface area contributed by atoms with Crippen molar-refractivity contribution in [1.82, 2.24) is 0 Å². The average molecular weight is 231 g/mol. The largest absolute Gasteiger partial charge is 0.384 e. The van der Waals surface area contributed by atoms with Crippen molar-refractivity contribution in [3.05, 3.63) is 33.4 Å². The summed E-state index contributed by atoms with van der Waals surface area (Å²) in [7, 11) is 0. The van der Waals surface area contributed by atoms with Gasteiger partial charge in [-0.3, -0.25) is 5.41 Å². The van der Waals surface area contributed by atoms with Crippen LogP contribution in [0.3, 0.4) is 0 Å². The van der Waals surface area contributed by atoms with Gasteiger partial charge in [0.05, 0.1) is 10.1 Å². The van der Waals surface area contributed by atoms with Crippen molar-refractivity contribution in [1.29, 1.82) is 5.41 Å². The molecule has 0 bridgehead atoms. The van der Waals surface area contributed by atoms with Crippen LogP contribution >= 0.6 is 23.2 Å². The molecule has 0 aromatic rings. The molecule has 0 saturated heterocycles. The van der Waals surface area contributed by atoms with E-state index in [0.717, 1.165) is 18.4 Å². The molecule has 3 N–H and O–H groups in total. The van der Waals surface area contributed by atoms with E-state index in [4.69, 9.17) is 34.3 Å². The van der Waals surface area contributed by atoms with Crippen LogP contribution in [0.25, 0.3) is 0 Å². The Balaban J connectivity index is 3.10. The molecule has 1 rings (SSSR count). The van der Waals surface area contributed by atoms with Crippen LogP contribution in [0, 0.1) is 5.41 Å². The summed E-state index contributed by atoms with van der Waals surface area (Å²) in [6.45, 7) is 1.95. The Kier molecular flexibility index (Phi) is 3.78. The third-order valence-corrected chi connectivity index (χ3v) is 2.98. The zero-order valence-corrected chi connectivity index (χ0v) is 9.41. The van der Waals surface area contributed by atoms with Crippen LogP contribution in [0.15, 0.2) is 33.4 Å². The molecule has 0 spiro atoms. The van der Waals surface area contributed by atoms with Gasteiger partial charge >= 0.3 is 0 Å². The lowest BCUT2D eigenvalue weighted by molar-refractivity contribution is 0.966. The first-order chi connectivity index (χ1) is 6.52. The Morgan fingerprint density at radius 3 is 2.71 bits per heavy atom. The van der Waals surface area contributed by atoms with E-state index in [1.807, 2.05) is 13.0 Å². The van der Waals surface area contributed by atoms with E-state index in [-0.39, 0.29) is 5.84 Å². The lowest BCUT2D eigenvalue weighted by Gasteiger charge is -2.09. The van der Waals surface area contributed by atoms with Crippen LogP contribution < -0.4 is 5.73 Å². The van der Waals surface area contributed by atoms with Crippen molar-refractivity contribution in [2.45, 2.75) is 19.8 Å². The van der Waals surface area contributed by atoms with E-state index < -0.39 is 0 Å². The minimum Gasteiger partial charge on any atom is -0.384 e. The lowest BCUT2D eigenvalue weighted by atomic mass is 10.0. The Morgan fingerprint density at radius 1 is 1.50 bits per heavy atom. The number of hydrogen-bond donors (Lipinski definition) is 2. The normalized spacial score (nSPS) is 25.6. The molecule has 1 aliphatic rings. The number of allylic oxidation sites excluding steroid dienone is 4. The fourth-order valence-corrected chi connectivity index (χ4v) is 1.63. The highest BCUT2D eigenvalue weighted by Gasteiger charge is 2.09. The molecule has 0 fully saturated rings. The highest BCUT2D eigenvalue weighted by molar-refractivity contribution is 6.44. The molecule has 76 valence electrons. The number of amidine groups is 1. The Labute approximate surface area is 93.6 Å². The third kappa shape index (κ3) is 2.63. The second kappa shape index (κ2) is 4.67. The molecule has 0 heterocycles. The molecule has 0 aromatic carbocycles. The minimum absolute atomic E-state index is 0.0205. The van der Waals surface area contributed by atoms with E-state index in [9.17, 15) is 0 Å². The minimum atomic E-state index is 0.0205. The van der Waals surface area contributed by atoms with E-state index in [0.29, 0.717) is 15.6 Å². The van der Waals surface area contributed by atoms with Crippen LogP contribution in [0.5, 0.6) is 0 Å². The van der Waals surface area contributed by atoms with Crippen molar-refractivity contribution in [2.75, 3.05) is 0 Å². The summed E-state index contributed by atoms with van der Waals surface area (Å²) in [4.78, 5) is 0. The highest BCUT2D eigenvalue weighted by Crippen LogP contribution is 2.28. The fraction of sp³-hybridized carbons (Fsp3) is 0.300. The van der Waals surface area contributed by atoms with Crippen molar-refractivity contribution >= 4 is 29.0 Å². The highest BCUT2D eigenvalue weighted by atomic mass is 35.5. The molecular formula is C10H12Cl2N2. The summed E-state index contributed by atoms with van der Waals surface area (Å²) in [5, 5.41) is 8.33. The predicted octanol–water partition coefficient (Wildman–Crippen LogP) is 3.28. The zero-order chi connectivity index (χ0) is 10.7. The van der Waals surface area contributed by atoms with Gasteiger partial charge in [-0.1, -0.05) is 34.9 Å². The van der Waals surface area contributed by atoms with Gasteiger partial charge in [-0.2, -0.15) is 0 Å². The Hall–Kier alpha value is -0.730.